The summed E-state index contributed by atoms with van der Waals surface area (Å²) in [5.41, 5.74) is 1.20. The van der Waals surface area contributed by atoms with Gasteiger partial charge in [-0.3, -0.25) is 13.9 Å². The van der Waals surface area contributed by atoms with E-state index in [1.807, 2.05) is 51.1 Å². The first-order valence-electron chi connectivity index (χ1n) is 12.4. The summed E-state index contributed by atoms with van der Waals surface area (Å²) >= 11 is 2.11. The number of carbonyl (C=O) groups excluding carboxylic acids is 2. The van der Waals surface area contributed by atoms with E-state index in [9.17, 15) is 22.4 Å². The molecule has 7 nitrogen and oxygen atoms in total. The van der Waals surface area contributed by atoms with Gasteiger partial charge in [-0.25, -0.2) is 12.8 Å². The van der Waals surface area contributed by atoms with Crippen LogP contribution in [0.1, 0.15) is 31.9 Å². The zero-order valence-corrected chi connectivity index (χ0v) is 25.4. The second-order valence-electron chi connectivity index (χ2n) is 10.3. The standard InChI is InChI=1S/C29H33FIN3O4S/c1-29(2,3)32-28(36)26(18-21-8-6-5-7-9-21)33(19-22-10-12-23(30)13-11-22)27(35)20-34(39(4,37)38)25-16-14-24(31)15-17-25/h5-17,26H,18-20H2,1-4H3,(H,32,36)/t26-/m0/s1. The second kappa shape index (κ2) is 12.9. The van der Waals surface area contributed by atoms with Crippen molar-refractivity contribution >= 4 is 50.1 Å². The molecule has 0 fully saturated rings. The number of hydrogen-bond acceptors (Lipinski definition) is 4. The summed E-state index contributed by atoms with van der Waals surface area (Å²) in [5.74, 6) is -1.36. The van der Waals surface area contributed by atoms with Crippen LogP contribution in [0.4, 0.5) is 10.1 Å². The van der Waals surface area contributed by atoms with Crippen molar-refractivity contribution in [3.8, 4) is 0 Å². The summed E-state index contributed by atoms with van der Waals surface area (Å²) in [6.45, 7) is 5.02. The van der Waals surface area contributed by atoms with Crippen LogP contribution in [0.15, 0.2) is 78.9 Å². The van der Waals surface area contributed by atoms with E-state index in [0.29, 0.717) is 11.3 Å². The lowest BCUT2D eigenvalue weighted by Gasteiger charge is -2.35. The Morgan fingerprint density at radius 1 is 0.923 bits per heavy atom. The van der Waals surface area contributed by atoms with Gasteiger partial charge in [-0.1, -0.05) is 42.5 Å². The lowest BCUT2D eigenvalue weighted by molar-refractivity contribution is -0.140. The first kappa shape index (κ1) is 30.6. The highest BCUT2D eigenvalue weighted by Crippen LogP contribution is 2.22. The molecule has 2 amide bonds. The van der Waals surface area contributed by atoms with Gasteiger partial charge in [0.1, 0.15) is 18.4 Å². The van der Waals surface area contributed by atoms with Crippen molar-refractivity contribution in [2.24, 2.45) is 0 Å². The Morgan fingerprint density at radius 3 is 2.05 bits per heavy atom. The average Bonchev–Trinajstić information content (AvgIpc) is 2.85. The highest BCUT2D eigenvalue weighted by Gasteiger charge is 2.34. The Kier molecular flexibility index (Phi) is 10.1. The largest absolute Gasteiger partial charge is 0.350 e. The van der Waals surface area contributed by atoms with Crippen LogP contribution < -0.4 is 9.62 Å². The fourth-order valence-electron chi connectivity index (χ4n) is 4.01. The fraction of sp³-hybridized carbons (Fsp3) is 0.310. The molecule has 0 aromatic heterocycles. The van der Waals surface area contributed by atoms with Crippen LogP contribution in [0.5, 0.6) is 0 Å². The van der Waals surface area contributed by atoms with Crippen molar-refractivity contribution in [1.29, 1.82) is 0 Å². The molecular formula is C29H33FIN3O4S. The van der Waals surface area contributed by atoms with Gasteiger partial charge in [0.2, 0.25) is 21.8 Å². The number of sulfonamides is 1. The Morgan fingerprint density at radius 2 is 1.51 bits per heavy atom. The SMILES string of the molecule is CC(C)(C)NC(=O)[C@H](Cc1ccccc1)N(Cc1ccc(F)cc1)C(=O)CN(c1ccc(I)cc1)S(C)(=O)=O. The van der Waals surface area contributed by atoms with Crippen LogP contribution in [-0.2, 0) is 32.6 Å². The second-order valence-corrected chi connectivity index (χ2v) is 13.5. The Labute approximate surface area is 243 Å². The summed E-state index contributed by atoms with van der Waals surface area (Å²) in [7, 11) is -3.84. The van der Waals surface area contributed by atoms with Crippen molar-refractivity contribution < 1.29 is 22.4 Å². The summed E-state index contributed by atoms with van der Waals surface area (Å²) in [5, 5.41) is 2.97. The van der Waals surface area contributed by atoms with Gasteiger partial charge in [0.05, 0.1) is 11.9 Å². The van der Waals surface area contributed by atoms with Gasteiger partial charge < -0.3 is 10.2 Å². The molecule has 0 saturated heterocycles. The first-order valence-corrected chi connectivity index (χ1v) is 15.3. The topological polar surface area (TPSA) is 86.8 Å². The first-order chi connectivity index (χ1) is 18.2. The molecule has 0 aliphatic carbocycles. The summed E-state index contributed by atoms with van der Waals surface area (Å²) < 4.78 is 41.2. The van der Waals surface area contributed by atoms with Crippen LogP contribution in [0.3, 0.4) is 0 Å². The molecule has 39 heavy (non-hydrogen) atoms. The number of benzene rings is 3. The fourth-order valence-corrected chi connectivity index (χ4v) is 5.22. The van der Waals surface area contributed by atoms with Crippen molar-refractivity contribution in [2.75, 3.05) is 17.1 Å². The minimum absolute atomic E-state index is 0.0154. The van der Waals surface area contributed by atoms with Crippen LogP contribution in [-0.4, -0.2) is 49.5 Å². The van der Waals surface area contributed by atoms with Gasteiger partial charge in [-0.2, -0.15) is 0 Å². The molecule has 3 aromatic rings. The van der Waals surface area contributed by atoms with Crippen LogP contribution >= 0.6 is 22.6 Å². The number of anilines is 1. The van der Waals surface area contributed by atoms with Crippen molar-refractivity contribution in [3.63, 3.8) is 0 Å². The van der Waals surface area contributed by atoms with E-state index in [1.165, 1.54) is 17.0 Å². The lowest BCUT2D eigenvalue weighted by atomic mass is 10.0. The van der Waals surface area contributed by atoms with Gasteiger partial charge in [0.15, 0.2) is 0 Å². The van der Waals surface area contributed by atoms with Gasteiger partial charge >= 0.3 is 0 Å². The molecule has 3 aromatic carbocycles. The summed E-state index contributed by atoms with van der Waals surface area (Å²) in [4.78, 5) is 29.0. The van der Waals surface area contributed by atoms with E-state index in [-0.39, 0.29) is 18.9 Å². The smallest absolute Gasteiger partial charge is 0.244 e. The quantitative estimate of drug-likeness (QED) is 0.317. The maximum Gasteiger partial charge on any atom is 0.244 e. The summed E-state index contributed by atoms with van der Waals surface area (Å²) in [6, 6.07) is 20.8. The molecule has 0 aliphatic heterocycles. The van der Waals surface area contributed by atoms with E-state index >= 15 is 0 Å². The maximum absolute atomic E-state index is 14.0. The Hall–Kier alpha value is -2.99. The zero-order valence-electron chi connectivity index (χ0n) is 22.4. The molecule has 0 spiro atoms. The third-order valence-corrected chi connectivity index (χ3v) is 7.69. The van der Waals surface area contributed by atoms with Crippen LogP contribution in [0, 0.1) is 9.39 Å². The normalized spacial score (nSPS) is 12.5. The molecule has 0 radical (unpaired) electrons. The maximum atomic E-state index is 14.0. The minimum atomic E-state index is -3.84. The number of rotatable bonds is 10. The highest BCUT2D eigenvalue weighted by atomic mass is 127. The molecule has 0 saturated carbocycles. The molecular weight excluding hydrogens is 632 g/mol. The number of carbonyl (C=O) groups is 2. The predicted octanol–water partition coefficient (Wildman–Crippen LogP) is 4.75. The molecule has 208 valence electrons. The Bertz CT molecular complexity index is 1380. The van der Waals surface area contributed by atoms with E-state index in [4.69, 9.17) is 0 Å². The average molecular weight is 666 g/mol. The van der Waals surface area contributed by atoms with Gasteiger partial charge in [-0.05, 0) is 90.9 Å². The minimum Gasteiger partial charge on any atom is -0.350 e. The van der Waals surface area contributed by atoms with Crippen LogP contribution in [0.25, 0.3) is 0 Å². The van der Waals surface area contributed by atoms with E-state index in [1.54, 1.807) is 36.4 Å². The van der Waals surface area contributed by atoms with Gasteiger partial charge in [-0.15, -0.1) is 0 Å². The van der Waals surface area contributed by atoms with Gasteiger partial charge in [0, 0.05) is 22.1 Å². The molecule has 0 aliphatic rings. The monoisotopic (exact) mass is 665 g/mol. The van der Waals surface area contributed by atoms with E-state index in [2.05, 4.69) is 27.9 Å². The highest BCUT2D eigenvalue weighted by molar-refractivity contribution is 14.1. The number of halogens is 2. The molecule has 0 unspecified atom stereocenters. The molecule has 1 atom stereocenters. The number of hydrogen-bond donors (Lipinski definition) is 1. The third kappa shape index (κ3) is 9.31. The van der Waals surface area contributed by atoms with Crippen molar-refractivity contribution in [3.05, 3.63) is 99.4 Å². The molecule has 3 rings (SSSR count). The Balaban J connectivity index is 2.06. The van der Waals surface area contributed by atoms with Crippen LogP contribution in [0.2, 0.25) is 0 Å². The molecule has 0 bridgehead atoms. The van der Waals surface area contributed by atoms with E-state index < -0.39 is 39.9 Å². The van der Waals surface area contributed by atoms with Crippen molar-refractivity contribution in [1.82, 2.24) is 10.2 Å². The third-order valence-electron chi connectivity index (χ3n) is 5.83. The lowest BCUT2D eigenvalue weighted by Crippen LogP contribution is -2.56. The zero-order chi connectivity index (χ0) is 28.8. The number of amides is 2. The predicted molar refractivity (Wildman–Crippen MR) is 160 cm³/mol. The van der Waals surface area contributed by atoms with Crippen molar-refractivity contribution in [2.45, 2.75) is 45.3 Å². The molecule has 10 heteroatoms. The molecule has 0 heterocycles. The summed E-state index contributed by atoms with van der Waals surface area (Å²) in [6.07, 6.45) is 1.24. The van der Waals surface area contributed by atoms with E-state index in [0.717, 1.165) is 19.7 Å². The number of nitrogens with one attached hydrogen (secondary N) is 1. The van der Waals surface area contributed by atoms with Gasteiger partial charge in [0.25, 0.3) is 0 Å². The number of nitrogens with zero attached hydrogens (tertiary/aromatic N) is 2. The molecule has 1 N–H and O–H groups in total.